The maximum atomic E-state index is 2.29. The fourth-order valence-electron chi connectivity index (χ4n) is 1.39. The molecule has 0 saturated carbocycles. The summed E-state index contributed by atoms with van der Waals surface area (Å²) in [5, 5.41) is 3.07. The molecule has 0 aliphatic carbocycles. The SMILES string of the molecule is CN(C)CC[CH2][AlH][CH2]CCN(C)C. The van der Waals surface area contributed by atoms with Crippen molar-refractivity contribution in [3.05, 3.63) is 0 Å². The van der Waals surface area contributed by atoms with Crippen molar-refractivity contribution in [3.63, 3.8) is 0 Å². The lowest BCUT2D eigenvalue weighted by Crippen LogP contribution is -2.14. The van der Waals surface area contributed by atoms with Crippen LogP contribution >= 0.6 is 0 Å². The lowest BCUT2D eigenvalue weighted by Gasteiger charge is -2.09. The van der Waals surface area contributed by atoms with Crippen LogP contribution in [0.2, 0.25) is 10.6 Å². The number of hydrogen-bond acceptors (Lipinski definition) is 2. The van der Waals surface area contributed by atoms with Crippen LogP contribution in [0.5, 0.6) is 0 Å². The third kappa shape index (κ3) is 12.5. The normalized spacial score (nSPS) is 11.2. The van der Waals surface area contributed by atoms with Crippen LogP contribution < -0.4 is 0 Å². The Balaban J connectivity index is 2.92. The van der Waals surface area contributed by atoms with E-state index in [2.05, 4.69) is 38.0 Å². The molecule has 0 N–H and O–H groups in total. The van der Waals surface area contributed by atoms with Gasteiger partial charge in [-0.15, -0.1) is 0 Å². The van der Waals surface area contributed by atoms with Gasteiger partial charge in [-0.3, -0.25) is 0 Å². The Kier molecular flexibility index (Phi) is 9.34. The Morgan fingerprint density at radius 2 is 1.15 bits per heavy atom. The second kappa shape index (κ2) is 9.03. The second-order valence-electron chi connectivity index (χ2n) is 4.37. The highest BCUT2D eigenvalue weighted by atomic mass is 27.1. The first-order valence-corrected chi connectivity index (χ1v) is 7.42. The highest BCUT2D eigenvalue weighted by molar-refractivity contribution is 6.35. The Morgan fingerprint density at radius 1 is 0.769 bits per heavy atom. The lowest BCUT2D eigenvalue weighted by molar-refractivity contribution is 0.405. The van der Waals surface area contributed by atoms with Gasteiger partial charge in [0, 0.05) is 0 Å². The van der Waals surface area contributed by atoms with Crippen molar-refractivity contribution < 1.29 is 0 Å². The van der Waals surface area contributed by atoms with Gasteiger partial charge in [-0.1, -0.05) is 23.4 Å². The second-order valence-corrected chi connectivity index (χ2v) is 6.50. The summed E-state index contributed by atoms with van der Waals surface area (Å²) in [6.45, 7) is 2.56. The first kappa shape index (κ1) is 13.5. The van der Waals surface area contributed by atoms with E-state index in [1.54, 1.807) is 0 Å². The van der Waals surface area contributed by atoms with Crippen molar-refractivity contribution in [2.75, 3.05) is 41.3 Å². The van der Waals surface area contributed by atoms with E-state index in [0.717, 1.165) is 0 Å². The van der Waals surface area contributed by atoms with E-state index in [0.29, 0.717) is 0 Å². The molecule has 3 heteroatoms. The largest absolute Gasteiger partial charge is 0.309 e. The smallest absolute Gasteiger partial charge is 0.237 e. The number of hydrogen-bond donors (Lipinski definition) is 0. The molecular formula is C10H25AlN2. The standard InChI is InChI=1S/2C5H12N.Al.H/c2*1-4-5-6(2)3;;/h2*1,4-5H2,2-3H3;;. The number of nitrogens with zero attached hydrogens (tertiary/aromatic N) is 2. The third-order valence-corrected chi connectivity index (χ3v) is 4.21. The van der Waals surface area contributed by atoms with Gasteiger partial charge in [-0.25, -0.2) is 0 Å². The van der Waals surface area contributed by atoms with Crippen molar-refractivity contribution in [1.82, 2.24) is 9.80 Å². The summed E-state index contributed by atoms with van der Waals surface area (Å²) >= 11 is 0.272. The summed E-state index contributed by atoms with van der Waals surface area (Å²) in [4.78, 5) is 4.57. The number of rotatable bonds is 8. The maximum absolute atomic E-state index is 2.29. The van der Waals surface area contributed by atoms with E-state index in [1.165, 1.54) is 36.5 Å². The van der Waals surface area contributed by atoms with Crippen molar-refractivity contribution in [1.29, 1.82) is 0 Å². The highest BCUT2D eigenvalue weighted by Gasteiger charge is 1.96. The van der Waals surface area contributed by atoms with Crippen molar-refractivity contribution >= 4 is 15.2 Å². The van der Waals surface area contributed by atoms with Crippen LogP contribution in [-0.4, -0.2) is 66.3 Å². The van der Waals surface area contributed by atoms with Crippen molar-refractivity contribution in [2.24, 2.45) is 0 Å². The average Bonchev–Trinajstić information content (AvgIpc) is 2.01. The molecule has 13 heavy (non-hydrogen) atoms. The molecule has 0 rings (SSSR count). The topological polar surface area (TPSA) is 6.48 Å². The molecule has 0 aromatic heterocycles. The van der Waals surface area contributed by atoms with Crippen LogP contribution in [0.15, 0.2) is 0 Å². The fourth-order valence-corrected chi connectivity index (χ4v) is 2.89. The molecule has 0 atom stereocenters. The molecule has 0 unspecified atom stereocenters. The van der Waals surface area contributed by atoms with Crippen LogP contribution in [-0.2, 0) is 0 Å². The summed E-state index contributed by atoms with van der Waals surface area (Å²) < 4.78 is 0. The Hall–Kier alpha value is 0.452. The zero-order valence-corrected chi connectivity index (χ0v) is 11.3. The van der Waals surface area contributed by atoms with Gasteiger partial charge in [0.25, 0.3) is 0 Å². The Labute approximate surface area is 90.0 Å². The molecule has 0 aliphatic heterocycles. The molecule has 0 fully saturated rings. The van der Waals surface area contributed by atoms with E-state index >= 15 is 0 Å². The molecule has 0 saturated heterocycles. The maximum Gasteiger partial charge on any atom is 0.237 e. The summed E-state index contributed by atoms with van der Waals surface area (Å²) in [6.07, 6.45) is 2.84. The monoisotopic (exact) mass is 200 g/mol. The Morgan fingerprint density at radius 3 is 1.46 bits per heavy atom. The van der Waals surface area contributed by atoms with Gasteiger partial charge in [0.05, 0.1) is 0 Å². The Bertz CT molecular complexity index is 93.1. The molecule has 0 spiro atoms. The van der Waals surface area contributed by atoms with E-state index < -0.39 is 0 Å². The fraction of sp³-hybridized carbons (Fsp3) is 1.00. The van der Waals surface area contributed by atoms with Gasteiger partial charge < -0.3 is 9.80 Å². The minimum Gasteiger partial charge on any atom is -0.309 e. The van der Waals surface area contributed by atoms with Gasteiger partial charge in [0.15, 0.2) is 0 Å². The molecular weight excluding hydrogens is 175 g/mol. The molecule has 0 heterocycles. The minimum absolute atomic E-state index is 0.272. The van der Waals surface area contributed by atoms with Crippen molar-refractivity contribution in [2.45, 2.75) is 23.4 Å². The zero-order chi connectivity index (χ0) is 10.1. The van der Waals surface area contributed by atoms with E-state index in [-0.39, 0.29) is 15.2 Å². The van der Waals surface area contributed by atoms with Gasteiger partial charge >= 0.3 is 0 Å². The summed E-state index contributed by atoms with van der Waals surface area (Å²) in [5.41, 5.74) is 0. The first-order valence-electron chi connectivity index (χ1n) is 5.42. The van der Waals surface area contributed by atoms with E-state index in [1.807, 2.05) is 0 Å². The lowest BCUT2D eigenvalue weighted by atomic mass is 10.4. The van der Waals surface area contributed by atoms with Gasteiger partial charge in [-0.05, 0) is 41.3 Å². The summed E-state index contributed by atoms with van der Waals surface area (Å²) in [7, 11) is 8.64. The predicted octanol–water partition coefficient (Wildman–Crippen LogP) is 1.16. The average molecular weight is 200 g/mol. The minimum atomic E-state index is 0.272. The van der Waals surface area contributed by atoms with E-state index in [9.17, 15) is 0 Å². The molecule has 0 bridgehead atoms. The predicted molar refractivity (Wildman–Crippen MR) is 63.1 cm³/mol. The van der Waals surface area contributed by atoms with Gasteiger partial charge in [-0.2, -0.15) is 0 Å². The first-order chi connectivity index (χ1) is 6.13. The van der Waals surface area contributed by atoms with Crippen LogP contribution in [0.25, 0.3) is 0 Å². The molecule has 0 aliphatic rings. The molecule has 2 nitrogen and oxygen atoms in total. The van der Waals surface area contributed by atoms with Crippen LogP contribution in [0.4, 0.5) is 0 Å². The van der Waals surface area contributed by atoms with Gasteiger partial charge in [0.1, 0.15) is 0 Å². The highest BCUT2D eigenvalue weighted by Crippen LogP contribution is 1.97. The summed E-state index contributed by atoms with van der Waals surface area (Å²) in [5.74, 6) is 0. The van der Waals surface area contributed by atoms with Crippen LogP contribution in [0, 0.1) is 0 Å². The van der Waals surface area contributed by atoms with Crippen molar-refractivity contribution in [3.8, 4) is 0 Å². The van der Waals surface area contributed by atoms with Crippen LogP contribution in [0.3, 0.4) is 0 Å². The van der Waals surface area contributed by atoms with Gasteiger partial charge in [0.2, 0.25) is 15.2 Å². The zero-order valence-electron chi connectivity index (χ0n) is 9.84. The molecule has 0 aromatic rings. The third-order valence-electron chi connectivity index (χ3n) is 2.21. The molecule has 78 valence electrons. The van der Waals surface area contributed by atoms with E-state index in [4.69, 9.17) is 0 Å². The van der Waals surface area contributed by atoms with Crippen LogP contribution in [0.1, 0.15) is 12.8 Å². The summed E-state index contributed by atoms with van der Waals surface area (Å²) in [6, 6.07) is 0. The molecule has 0 amide bonds. The molecule has 0 aromatic carbocycles. The molecule has 0 radical (unpaired) electrons. The quantitative estimate of drug-likeness (QED) is 0.428.